The van der Waals surface area contributed by atoms with Crippen molar-refractivity contribution in [3.8, 4) is 0 Å². The van der Waals surface area contributed by atoms with Crippen LogP contribution in [0.5, 0.6) is 0 Å². The molecule has 6 heteroatoms. The number of rotatable bonds is 4. The van der Waals surface area contributed by atoms with E-state index in [9.17, 15) is 9.59 Å². The van der Waals surface area contributed by atoms with Crippen LogP contribution >= 0.6 is 11.3 Å². The maximum absolute atomic E-state index is 11.9. The van der Waals surface area contributed by atoms with Crippen molar-refractivity contribution in [1.29, 1.82) is 0 Å². The number of carboxylic acid groups (broad SMARTS) is 1. The molecule has 19 heavy (non-hydrogen) atoms. The second-order valence-electron chi connectivity index (χ2n) is 5.03. The second-order valence-corrected chi connectivity index (χ2v) is 5.95. The number of amides is 1. The summed E-state index contributed by atoms with van der Waals surface area (Å²) >= 11 is 1.23. The van der Waals surface area contributed by atoms with Crippen LogP contribution in [0.4, 0.5) is 0 Å². The Balaban J connectivity index is 2.18. The molecular weight excluding hydrogens is 264 g/mol. The first-order chi connectivity index (χ1) is 9.00. The lowest BCUT2D eigenvalue weighted by molar-refractivity contribution is -0.131. The van der Waals surface area contributed by atoms with E-state index in [0.29, 0.717) is 18.0 Å². The van der Waals surface area contributed by atoms with E-state index in [2.05, 4.69) is 10.2 Å². The number of aromatic carboxylic acids is 1. The maximum atomic E-state index is 11.9. The SMILES string of the molecule is CC(C)C1C(=O)NCCN1Cc1ccsc1C(=O)O. The van der Waals surface area contributed by atoms with Crippen LogP contribution in [-0.4, -0.2) is 41.0 Å². The molecule has 1 saturated heterocycles. The Morgan fingerprint density at radius 2 is 2.37 bits per heavy atom. The third kappa shape index (κ3) is 2.96. The molecule has 5 nitrogen and oxygen atoms in total. The number of carbonyl (C=O) groups is 2. The van der Waals surface area contributed by atoms with Crippen LogP contribution in [0, 0.1) is 5.92 Å². The number of carbonyl (C=O) groups excluding carboxylic acids is 1. The quantitative estimate of drug-likeness (QED) is 0.876. The molecule has 104 valence electrons. The zero-order valence-electron chi connectivity index (χ0n) is 11.0. The number of thiophene rings is 1. The third-order valence-corrected chi connectivity index (χ3v) is 4.25. The molecule has 0 saturated carbocycles. The Bertz CT molecular complexity index is 484. The molecule has 1 atom stereocenters. The molecule has 2 rings (SSSR count). The van der Waals surface area contributed by atoms with Crippen molar-refractivity contribution in [1.82, 2.24) is 10.2 Å². The Morgan fingerprint density at radius 3 is 3.00 bits per heavy atom. The standard InChI is InChI=1S/C13H18N2O3S/c1-8(2)10-12(16)14-4-5-15(10)7-9-3-6-19-11(9)13(17)18/h3,6,8,10H,4-5,7H2,1-2H3,(H,14,16)(H,17,18). The van der Waals surface area contributed by atoms with Crippen LogP contribution in [0.3, 0.4) is 0 Å². The normalized spacial score (nSPS) is 20.6. The van der Waals surface area contributed by atoms with Crippen molar-refractivity contribution in [3.05, 3.63) is 21.9 Å². The van der Waals surface area contributed by atoms with Crippen LogP contribution in [0.25, 0.3) is 0 Å². The Morgan fingerprint density at radius 1 is 1.63 bits per heavy atom. The Labute approximate surface area is 116 Å². The van der Waals surface area contributed by atoms with Crippen molar-refractivity contribution in [2.45, 2.75) is 26.4 Å². The molecule has 1 aliphatic rings. The summed E-state index contributed by atoms with van der Waals surface area (Å²) in [4.78, 5) is 25.5. The largest absolute Gasteiger partial charge is 0.477 e. The predicted octanol–water partition coefficient (Wildman–Crippen LogP) is 1.40. The van der Waals surface area contributed by atoms with E-state index in [0.717, 1.165) is 12.1 Å². The van der Waals surface area contributed by atoms with Crippen LogP contribution in [-0.2, 0) is 11.3 Å². The lowest BCUT2D eigenvalue weighted by Gasteiger charge is -2.37. The molecular formula is C13H18N2O3S. The smallest absolute Gasteiger partial charge is 0.346 e. The Kier molecular flexibility index (Phi) is 4.21. The summed E-state index contributed by atoms with van der Waals surface area (Å²) in [6.45, 7) is 5.90. The number of hydrogen-bond acceptors (Lipinski definition) is 4. The molecule has 2 heterocycles. The summed E-state index contributed by atoms with van der Waals surface area (Å²) in [7, 11) is 0. The van der Waals surface area contributed by atoms with E-state index in [-0.39, 0.29) is 17.9 Å². The molecule has 1 fully saturated rings. The molecule has 0 bridgehead atoms. The van der Waals surface area contributed by atoms with Gasteiger partial charge in [0.2, 0.25) is 5.91 Å². The average molecular weight is 282 g/mol. The summed E-state index contributed by atoms with van der Waals surface area (Å²) in [6, 6.07) is 1.65. The topological polar surface area (TPSA) is 69.6 Å². The molecule has 0 aliphatic carbocycles. The minimum Gasteiger partial charge on any atom is -0.477 e. The molecule has 2 N–H and O–H groups in total. The third-order valence-electron chi connectivity index (χ3n) is 3.31. The van der Waals surface area contributed by atoms with Gasteiger partial charge < -0.3 is 10.4 Å². The van der Waals surface area contributed by atoms with Gasteiger partial charge in [0, 0.05) is 19.6 Å². The number of nitrogens with zero attached hydrogens (tertiary/aromatic N) is 1. The van der Waals surface area contributed by atoms with Crippen molar-refractivity contribution in [2.24, 2.45) is 5.92 Å². The highest BCUT2D eigenvalue weighted by Gasteiger charge is 2.32. The van der Waals surface area contributed by atoms with Gasteiger partial charge in [0.1, 0.15) is 4.88 Å². The fourth-order valence-electron chi connectivity index (χ4n) is 2.50. The molecule has 1 amide bonds. The zero-order valence-corrected chi connectivity index (χ0v) is 11.9. The van der Waals surface area contributed by atoms with Crippen molar-refractivity contribution in [3.63, 3.8) is 0 Å². The van der Waals surface area contributed by atoms with Gasteiger partial charge in [0.15, 0.2) is 0 Å². The number of nitrogens with one attached hydrogen (secondary N) is 1. The van der Waals surface area contributed by atoms with E-state index >= 15 is 0 Å². The highest BCUT2D eigenvalue weighted by atomic mass is 32.1. The first-order valence-corrected chi connectivity index (χ1v) is 7.20. The Hall–Kier alpha value is -1.40. The van der Waals surface area contributed by atoms with E-state index in [4.69, 9.17) is 5.11 Å². The minimum absolute atomic E-state index is 0.0355. The summed E-state index contributed by atoms with van der Waals surface area (Å²) in [5.74, 6) is -0.659. The predicted molar refractivity (Wildman–Crippen MR) is 73.3 cm³/mol. The fourth-order valence-corrected chi connectivity index (χ4v) is 3.25. The van der Waals surface area contributed by atoms with Gasteiger partial charge in [0.25, 0.3) is 0 Å². The van der Waals surface area contributed by atoms with Crippen LogP contribution in [0.1, 0.15) is 29.1 Å². The van der Waals surface area contributed by atoms with E-state index in [1.807, 2.05) is 19.9 Å². The van der Waals surface area contributed by atoms with Crippen molar-refractivity contribution < 1.29 is 14.7 Å². The lowest BCUT2D eigenvalue weighted by atomic mass is 9.99. The fraction of sp³-hybridized carbons (Fsp3) is 0.538. The van der Waals surface area contributed by atoms with Crippen LogP contribution in [0.2, 0.25) is 0 Å². The maximum Gasteiger partial charge on any atom is 0.346 e. The van der Waals surface area contributed by atoms with E-state index < -0.39 is 5.97 Å². The van der Waals surface area contributed by atoms with Gasteiger partial charge in [-0.3, -0.25) is 9.69 Å². The minimum atomic E-state index is -0.896. The molecule has 0 radical (unpaired) electrons. The van der Waals surface area contributed by atoms with Crippen LogP contribution in [0.15, 0.2) is 11.4 Å². The average Bonchev–Trinajstić information content (AvgIpc) is 2.76. The summed E-state index contributed by atoms with van der Waals surface area (Å²) in [5.41, 5.74) is 0.790. The highest BCUT2D eigenvalue weighted by Crippen LogP contribution is 2.22. The number of piperazine rings is 1. The highest BCUT2D eigenvalue weighted by molar-refractivity contribution is 7.12. The zero-order chi connectivity index (χ0) is 14.0. The van der Waals surface area contributed by atoms with Gasteiger partial charge in [-0.1, -0.05) is 13.8 Å². The molecule has 0 aromatic carbocycles. The van der Waals surface area contributed by atoms with Gasteiger partial charge in [-0.25, -0.2) is 4.79 Å². The van der Waals surface area contributed by atoms with Crippen LogP contribution < -0.4 is 5.32 Å². The summed E-state index contributed by atoms with van der Waals surface area (Å²) < 4.78 is 0. The van der Waals surface area contributed by atoms with Gasteiger partial charge in [0.05, 0.1) is 6.04 Å². The molecule has 1 aromatic heterocycles. The first-order valence-electron chi connectivity index (χ1n) is 6.32. The van der Waals surface area contributed by atoms with Gasteiger partial charge in [-0.05, 0) is 22.9 Å². The molecule has 1 unspecified atom stereocenters. The summed E-state index contributed by atoms with van der Waals surface area (Å²) in [6.07, 6.45) is 0. The van der Waals surface area contributed by atoms with Gasteiger partial charge in [-0.2, -0.15) is 0 Å². The van der Waals surface area contributed by atoms with E-state index in [1.54, 1.807) is 5.38 Å². The van der Waals surface area contributed by atoms with Gasteiger partial charge in [-0.15, -0.1) is 11.3 Å². The molecule has 1 aromatic rings. The molecule has 1 aliphatic heterocycles. The van der Waals surface area contributed by atoms with Crippen molar-refractivity contribution in [2.75, 3.05) is 13.1 Å². The first kappa shape index (κ1) is 14.0. The summed E-state index contributed by atoms with van der Waals surface area (Å²) in [5, 5.41) is 13.8. The lowest BCUT2D eigenvalue weighted by Crippen LogP contribution is -2.56. The van der Waals surface area contributed by atoms with E-state index in [1.165, 1.54) is 11.3 Å². The molecule has 0 spiro atoms. The number of hydrogen-bond donors (Lipinski definition) is 2. The number of carboxylic acids is 1. The second kappa shape index (κ2) is 5.71. The van der Waals surface area contributed by atoms with Gasteiger partial charge >= 0.3 is 5.97 Å². The van der Waals surface area contributed by atoms with Crippen molar-refractivity contribution >= 4 is 23.2 Å². The monoisotopic (exact) mass is 282 g/mol.